The van der Waals surface area contributed by atoms with Crippen molar-refractivity contribution >= 4 is 39.6 Å². The molecule has 1 saturated heterocycles. The van der Waals surface area contributed by atoms with Gasteiger partial charge in [0.25, 0.3) is 0 Å². The molecule has 7 nitrogen and oxygen atoms in total. The molecule has 1 aliphatic heterocycles. The number of aryl methyl sites for hydroxylation is 2. The molecular formula is C21H23N7S. The van der Waals surface area contributed by atoms with Gasteiger partial charge in [-0.05, 0) is 55.3 Å². The van der Waals surface area contributed by atoms with E-state index in [4.69, 9.17) is 15.7 Å². The zero-order valence-electron chi connectivity index (χ0n) is 16.5. The summed E-state index contributed by atoms with van der Waals surface area (Å²) in [6.07, 6.45) is 5.55. The zero-order valence-corrected chi connectivity index (χ0v) is 17.3. The van der Waals surface area contributed by atoms with Gasteiger partial charge in [-0.25, -0.2) is 9.97 Å². The SMILES string of the molecule is CCc1[nH]c2nc(Sc3cnc4cccnc4c3)nc(N3CCC(N)C3)c2c1C. The Labute approximate surface area is 173 Å². The molecule has 1 fully saturated rings. The fourth-order valence-corrected chi connectivity index (χ4v) is 4.71. The minimum absolute atomic E-state index is 0.191. The molecule has 0 aliphatic carbocycles. The van der Waals surface area contributed by atoms with Crippen molar-refractivity contribution < 1.29 is 0 Å². The normalized spacial score (nSPS) is 16.9. The number of nitrogens with two attached hydrogens (primary N) is 1. The van der Waals surface area contributed by atoms with E-state index in [-0.39, 0.29) is 6.04 Å². The van der Waals surface area contributed by atoms with Crippen LogP contribution in [0.25, 0.3) is 22.1 Å². The van der Waals surface area contributed by atoms with Crippen LogP contribution in [0, 0.1) is 6.92 Å². The molecule has 3 N–H and O–H groups in total. The van der Waals surface area contributed by atoms with Gasteiger partial charge in [0.1, 0.15) is 11.5 Å². The number of nitrogens with zero attached hydrogens (tertiary/aromatic N) is 5. The number of anilines is 1. The van der Waals surface area contributed by atoms with Crippen LogP contribution in [0.4, 0.5) is 5.82 Å². The molecule has 4 aromatic rings. The average Bonchev–Trinajstić information content (AvgIpc) is 3.30. The van der Waals surface area contributed by atoms with Crippen LogP contribution < -0.4 is 10.6 Å². The van der Waals surface area contributed by atoms with Gasteiger partial charge in [0, 0.05) is 42.1 Å². The van der Waals surface area contributed by atoms with Gasteiger partial charge in [0.2, 0.25) is 0 Å². The van der Waals surface area contributed by atoms with Crippen molar-refractivity contribution in [3.05, 3.63) is 41.9 Å². The molecule has 5 heterocycles. The second kappa shape index (κ2) is 7.27. The standard InChI is InChI=1S/C21H23N7S/c1-3-15-12(2)18-19(25-15)26-21(27-20(18)28-8-6-13(22)11-28)29-14-9-17-16(24-10-14)5-4-7-23-17/h4-5,7,9-10,13H,3,6,8,11,22H2,1-2H3,(H,25,26,27). The number of rotatable bonds is 4. The van der Waals surface area contributed by atoms with Crippen LogP contribution in [-0.4, -0.2) is 44.1 Å². The fraction of sp³-hybridized carbons (Fsp3) is 0.333. The van der Waals surface area contributed by atoms with Gasteiger partial charge in [0.05, 0.1) is 16.4 Å². The fourth-order valence-electron chi connectivity index (χ4n) is 3.96. The summed E-state index contributed by atoms with van der Waals surface area (Å²) < 4.78 is 0. The predicted octanol–water partition coefficient (Wildman–Crippen LogP) is 3.46. The van der Waals surface area contributed by atoms with Crippen molar-refractivity contribution in [1.82, 2.24) is 24.9 Å². The van der Waals surface area contributed by atoms with Gasteiger partial charge >= 0.3 is 0 Å². The molecule has 1 unspecified atom stereocenters. The maximum Gasteiger partial charge on any atom is 0.196 e. The van der Waals surface area contributed by atoms with E-state index >= 15 is 0 Å². The quantitative estimate of drug-likeness (QED) is 0.502. The number of aromatic nitrogens is 5. The van der Waals surface area contributed by atoms with E-state index in [1.165, 1.54) is 23.0 Å². The highest BCUT2D eigenvalue weighted by Gasteiger charge is 2.25. The summed E-state index contributed by atoms with van der Waals surface area (Å²) in [4.78, 5) is 25.4. The third-order valence-electron chi connectivity index (χ3n) is 5.48. The Balaban J connectivity index is 1.59. The molecule has 0 radical (unpaired) electrons. The number of pyridine rings is 2. The van der Waals surface area contributed by atoms with Gasteiger partial charge in [-0.3, -0.25) is 9.97 Å². The summed E-state index contributed by atoms with van der Waals surface area (Å²) in [7, 11) is 0. The van der Waals surface area contributed by atoms with Crippen LogP contribution in [0.15, 0.2) is 40.6 Å². The first kappa shape index (κ1) is 18.3. The molecule has 0 bridgehead atoms. The summed E-state index contributed by atoms with van der Waals surface area (Å²) in [5, 5.41) is 1.81. The molecule has 1 atom stereocenters. The van der Waals surface area contributed by atoms with Crippen LogP contribution in [0.3, 0.4) is 0 Å². The molecule has 4 aromatic heterocycles. The van der Waals surface area contributed by atoms with Crippen molar-refractivity contribution in [2.75, 3.05) is 18.0 Å². The lowest BCUT2D eigenvalue weighted by atomic mass is 10.1. The van der Waals surface area contributed by atoms with Crippen molar-refractivity contribution in [3.63, 3.8) is 0 Å². The lowest BCUT2D eigenvalue weighted by Crippen LogP contribution is -2.27. The Morgan fingerprint density at radius 3 is 2.97 bits per heavy atom. The van der Waals surface area contributed by atoms with Gasteiger partial charge < -0.3 is 15.6 Å². The highest BCUT2D eigenvalue weighted by molar-refractivity contribution is 7.99. The molecule has 148 valence electrons. The Morgan fingerprint density at radius 1 is 1.28 bits per heavy atom. The van der Waals surface area contributed by atoms with Gasteiger partial charge in [-0.15, -0.1) is 0 Å². The first-order chi connectivity index (χ1) is 14.1. The van der Waals surface area contributed by atoms with Crippen molar-refractivity contribution in [3.8, 4) is 0 Å². The van der Waals surface area contributed by atoms with E-state index in [2.05, 4.69) is 33.7 Å². The second-order valence-corrected chi connectivity index (χ2v) is 8.49. The maximum atomic E-state index is 6.18. The molecule has 0 aromatic carbocycles. The Kier molecular flexibility index (Phi) is 4.60. The topological polar surface area (TPSA) is 96.6 Å². The number of aromatic amines is 1. The number of hydrogen-bond acceptors (Lipinski definition) is 7. The van der Waals surface area contributed by atoms with Crippen LogP contribution in [0.5, 0.6) is 0 Å². The lowest BCUT2D eigenvalue weighted by molar-refractivity contribution is 0.751. The number of hydrogen-bond donors (Lipinski definition) is 2. The Hall–Kier alpha value is -2.71. The van der Waals surface area contributed by atoms with Crippen LogP contribution in [0.1, 0.15) is 24.6 Å². The smallest absolute Gasteiger partial charge is 0.196 e. The second-order valence-electron chi connectivity index (χ2n) is 7.45. The van der Waals surface area contributed by atoms with Crippen LogP contribution in [-0.2, 0) is 6.42 Å². The van der Waals surface area contributed by atoms with E-state index in [9.17, 15) is 0 Å². The first-order valence-electron chi connectivity index (χ1n) is 9.90. The summed E-state index contributed by atoms with van der Waals surface area (Å²) in [6, 6.07) is 6.08. The van der Waals surface area contributed by atoms with Gasteiger partial charge in [0.15, 0.2) is 5.16 Å². The first-order valence-corrected chi connectivity index (χ1v) is 10.7. The summed E-state index contributed by atoms with van der Waals surface area (Å²) in [6.45, 7) is 6.04. The molecule has 1 aliphatic rings. The van der Waals surface area contributed by atoms with E-state index in [0.29, 0.717) is 5.16 Å². The molecule has 5 rings (SSSR count). The van der Waals surface area contributed by atoms with Crippen molar-refractivity contribution in [2.24, 2.45) is 5.73 Å². The number of nitrogens with one attached hydrogen (secondary N) is 1. The summed E-state index contributed by atoms with van der Waals surface area (Å²) in [5.41, 5.74) is 11.3. The maximum absolute atomic E-state index is 6.18. The monoisotopic (exact) mass is 405 g/mol. The van der Waals surface area contributed by atoms with Crippen LogP contribution in [0.2, 0.25) is 0 Å². The summed E-state index contributed by atoms with van der Waals surface area (Å²) >= 11 is 1.51. The Morgan fingerprint density at radius 2 is 2.17 bits per heavy atom. The van der Waals surface area contributed by atoms with Crippen molar-refractivity contribution in [1.29, 1.82) is 0 Å². The minimum Gasteiger partial charge on any atom is -0.354 e. The highest BCUT2D eigenvalue weighted by atomic mass is 32.2. The van der Waals surface area contributed by atoms with E-state index in [1.807, 2.05) is 24.4 Å². The minimum atomic E-state index is 0.191. The van der Waals surface area contributed by atoms with E-state index < -0.39 is 0 Å². The van der Waals surface area contributed by atoms with Crippen molar-refractivity contribution in [2.45, 2.75) is 42.8 Å². The molecule has 29 heavy (non-hydrogen) atoms. The Bertz CT molecular complexity index is 1200. The largest absolute Gasteiger partial charge is 0.354 e. The third-order valence-corrected chi connectivity index (χ3v) is 6.30. The highest BCUT2D eigenvalue weighted by Crippen LogP contribution is 2.35. The molecule has 0 amide bonds. The lowest BCUT2D eigenvalue weighted by Gasteiger charge is -2.19. The van der Waals surface area contributed by atoms with E-state index in [1.54, 1.807) is 6.20 Å². The van der Waals surface area contributed by atoms with Gasteiger partial charge in [-0.2, -0.15) is 0 Å². The molecule has 0 spiro atoms. The average molecular weight is 406 g/mol. The molecule has 0 saturated carbocycles. The van der Waals surface area contributed by atoms with E-state index in [0.717, 1.165) is 58.7 Å². The zero-order chi connectivity index (χ0) is 20.0. The molecular weight excluding hydrogens is 382 g/mol. The van der Waals surface area contributed by atoms with Crippen LogP contribution >= 0.6 is 11.8 Å². The molecule has 8 heteroatoms. The number of fused-ring (bicyclic) bond motifs is 2. The summed E-state index contributed by atoms with van der Waals surface area (Å²) in [5.74, 6) is 0.978. The third kappa shape index (κ3) is 3.32. The van der Waals surface area contributed by atoms with Gasteiger partial charge in [-0.1, -0.05) is 6.92 Å². The predicted molar refractivity (Wildman–Crippen MR) is 116 cm³/mol. The number of H-pyrrole nitrogens is 1.